The largest absolute Gasteiger partial charge is 0.507 e. The number of carbonyl (C=O) groups is 3. The molecule has 1 aliphatic rings. The fourth-order valence-electron chi connectivity index (χ4n) is 3.32. The molecule has 4 heterocycles. The van der Waals surface area contributed by atoms with Gasteiger partial charge in [0.25, 0.3) is 5.78 Å². The van der Waals surface area contributed by atoms with E-state index in [9.17, 15) is 19.5 Å². The van der Waals surface area contributed by atoms with Gasteiger partial charge in [0.15, 0.2) is 5.13 Å². The van der Waals surface area contributed by atoms with Crippen molar-refractivity contribution in [1.82, 2.24) is 15.0 Å². The number of ketones is 1. The van der Waals surface area contributed by atoms with Gasteiger partial charge in [0.05, 0.1) is 24.4 Å². The number of nitrogens with zero attached hydrogens (tertiary/aromatic N) is 4. The van der Waals surface area contributed by atoms with Crippen molar-refractivity contribution in [1.29, 1.82) is 0 Å². The summed E-state index contributed by atoms with van der Waals surface area (Å²) in [6.45, 7) is 1.61. The second-order valence-corrected chi connectivity index (χ2v) is 7.57. The summed E-state index contributed by atoms with van der Waals surface area (Å²) < 4.78 is 4.77. The van der Waals surface area contributed by atoms with Crippen LogP contribution in [0.25, 0.3) is 5.76 Å². The number of carbonyl (C=O) groups excluding carboxylic acids is 3. The lowest BCUT2D eigenvalue weighted by Gasteiger charge is -2.22. The first-order valence-corrected chi connectivity index (χ1v) is 9.92. The van der Waals surface area contributed by atoms with E-state index in [4.69, 9.17) is 4.74 Å². The van der Waals surface area contributed by atoms with Gasteiger partial charge in [0.2, 0.25) is 0 Å². The Kier molecular flexibility index (Phi) is 5.30. The monoisotopic (exact) mass is 436 g/mol. The summed E-state index contributed by atoms with van der Waals surface area (Å²) in [7, 11) is 1.25. The van der Waals surface area contributed by atoms with Crippen molar-refractivity contribution in [3.8, 4) is 0 Å². The lowest BCUT2D eigenvalue weighted by Crippen LogP contribution is -2.29. The van der Waals surface area contributed by atoms with E-state index in [0.717, 1.165) is 11.3 Å². The lowest BCUT2D eigenvalue weighted by molar-refractivity contribution is -0.132. The standard InChI is InChI=1S/C21H16N4O5S/c1-11-18(20(29)30-2)31-21(24-11)25-15(13-4-3-7-23-10-13)14(17(27)19(25)28)16(26)12-5-8-22-9-6-12/h3-10,15,26H,1-2H3/b16-14+. The number of aromatic nitrogens is 3. The minimum atomic E-state index is -0.974. The van der Waals surface area contributed by atoms with Crippen LogP contribution in [0.2, 0.25) is 0 Å². The summed E-state index contributed by atoms with van der Waals surface area (Å²) in [6, 6.07) is 5.45. The van der Waals surface area contributed by atoms with E-state index in [1.807, 2.05) is 0 Å². The number of methoxy groups -OCH3 is 1. The number of amides is 1. The van der Waals surface area contributed by atoms with Gasteiger partial charge in [-0.05, 0) is 30.7 Å². The molecule has 1 amide bonds. The van der Waals surface area contributed by atoms with Crippen LogP contribution in [0.4, 0.5) is 5.13 Å². The van der Waals surface area contributed by atoms with Crippen LogP contribution in [0.3, 0.4) is 0 Å². The van der Waals surface area contributed by atoms with Gasteiger partial charge in [-0.15, -0.1) is 0 Å². The first kappa shape index (κ1) is 20.4. The average Bonchev–Trinajstić information content (AvgIpc) is 3.31. The van der Waals surface area contributed by atoms with Gasteiger partial charge in [0.1, 0.15) is 10.6 Å². The van der Waals surface area contributed by atoms with Crippen LogP contribution >= 0.6 is 11.3 Å². The molecule has 10 heteroatoms. The van der Waals surface area contributed by atoms with E-state index in [-0.39, 0.29) is 21.3 Å². The molecule has 3 aromatic rings. The van der Waals surface area contributed by atoms with Gasteiger partial charge >= 0.3 is 11.9 Å². The van der Waals surface area contributed by atoms with Crippen LogP contribution in [0, 0.1) is 6.92 Å². The van der Waals surface area contributed by atoms with E-state index in [1.165, 1.54) is 42.7 Å². The normalized spacial score (nSPS) is 17.7. The Morgan fingerprint density at radius 2 is 1.90 bits per heavy atom. The maximum absolute atomic E-state index is 13.0. The minimum absolute atomic E-state index is 0.100. The number of hydrogen-bond donors (Lipinski definition) is 1. The molecular formula is C21H16N4O5S. The maximum atomic E-state index is 13.0. The third-order valence-electron chi connectivity index (χ3n) is 4.76. The van der Waals surface area contributed by atoms with Gasteiger partial charge < -0.3 is 9.84 Å². The predicted octanol–water partition coefficient (Wildman–Crippen LogP) is 2.65. The first-order valence-electron chi connectivity index (χ1n) is 9.11. The van der Waals surface area contributed by atoms with Crippen molar-refractivity contribution in [2.24, 2.45) is 0 Å². The Balaban J connectivity index is 1.93. The smallest absolute Gasteiger partial charge is 0.350 e. The van der Waals surface area contributed by atoms with Crippen LogP contribution in [-0.4, -0.2) is 44.8 Å². The Morgan fingerprint density at radius 1 is 1.16 bits per heavy atom. The van der Waals surface area contributed by atoms with Gasteiger partial charge in [-0.1, -0.05) is 17.4 Å². The number of esters is 1. The number of aryl methyl sites for hydroxylation is 1. The van der Waals surface area contributed by atoms with Gasteiger partial charge in [-0.2, -0.15) is 0 Å². The number of ether oxygens (including phenoxy) is 1. The highest BCUT2D eigenvalue weighted by Gasteiger charge is 2.48. The van der Waals surface area contributed by atoms with Crippen LogP contribution in [-0.2, 0) is 14.3 Å². The third kappa shape index (κ3) is 3.46. The highest BCUT2D eigenvalue weighted by molar-refractivity contribution is 7.17. The van der Waals surface area contributed by atoms with Crippen LogP contribution < -0.4 is 4.90 Å². The number of rotatable bonds is 4. The summed E-state index contributed by atoms with van der Waals surface area (Å²) in [5, 5.41) is 11.1. The number of Topliss-reactive ketones (excluding diaryl/α,β-unsaturated/α-hetero) is 1. The molecule has 1 saturated heterocycles. The quantitative estimate of drug-likeness (QED) is 0.287. The number of thiazole rings is 1. The van der Waals surface area contributed by atoms with Gasteiger partial charge in [0, 0.05) is 30.4 Å². The zero-order valence-electron chi connectivity index (χ0n) is 16.5. The van der Waals surface area contributed by atoms with Crippen molar-refractivity contribution in [2.75, 3.05) is 12.0 Å². The molecule has 1 fully saturated rings. The Bertz CT molecular complexity index is 1210. The molecule has 0 spiro atoms. The fourth-order valence-corrected chi connectivity index (χ4v) is 4.33. The van der Waals surface area contributed by atoms with Crippen LogP contribution in [0.5, 0.6) is 0 Å². The molecule has 1 aliphatic heterocycles. The second kappa shape index (κ2) is 8.07. The number of aliphatic hydroxyl groups is 1. The van der Waals surface area contributed by atoms with E-state index < -0.39 is 23.7 Å². The van der Waals surface area contributed by atoms with Gasteiger partial charge in [-0.25, -0.2) is 9.78 Å². The van der Waals surface area contributed by atoms with Crippen molar-refractivity contribution in [3.05, 3.63) is 76.3 Å². The summed E-state index contributed by atoms with van der Waals surface area (Å²) >= 11 is 0.936. The molecule has 156 valence electrons. The minimum Gasteiger partial charge on any atom is -0.507 e. The van der Waals surface area contributed by atoms with Crippen molar-refractivity contribution in [3.63, 3.8) is 0 Å². The lowest BCUT2D eigenvalue weighted by atomic mass is 9.97. The van der Waals surface area contributed by atoms with Crippen LogP contribution in [0.1, 0.15) is 32.5 Å². The molecule has 1 atom stereocenters. The number of anilines is 1. The third-order valence-corrected chi connectivity index (χ3v) is 5.90. The SMILES string of the molecule is COC(=O)c1sc(N2C(=O)C(=O)/C(=C(/O)c3ccncc3)C2c2cccnc2)nc1C. The number of aliphatic hydroxyl groups excluding tert-OH is 1. The van der Waals surface area contributed by atoms with E-state index >= 15 is 0 Å². The zero-order chi connectivity index (χ0) is 22.1. The molecule has 31 heavy (non-hydrogen) atoms. The molecule has 0 aliphatic carbocycles. The highest BCUT2D eigenvalue weighted by Crippen LogP contribution is 2.43. The maximum Gasteiger partial charge on any atom is 0.350 e. The number of pyridine rings is 2. The summed E-state index contributed by atoms with van der Waals surface area (Å²) in [6.07, 6.45) is 6.00. The molecule has 4 rings (SSSR count). The molecular weight excluding hydrogens is 420 g/mol. The summed E-state index contributed by atoms with van der Waals surface area (Å²) in [5.41, 5.74) is 1.11. The predicted molar refractivity (Wildman–Crippen MR) is 111 cm³/mol. The summed E-state index contributed by atoms with van der Waals surface area (Å²) in [5.74, 6) is -2.66. The molecule has 3 aromatic heterocycles. The van der Waals surface area contributed by atoms with E-state index in [2.05, 4.69) is 15.0 Å². The van der Waals surface area contributed by atoms with Gasteiger partial charge in [-0.3, -0.25) is 24.5 Å². The second-order valence-electron chi connectivity index (χ2n) is 6.59. The van der Waals surface area contributed by atoms with E-state index in [1.54, 1.807) is 25.3 Å². The highest BCUT2D eigenvalue weighted by atomic mass is 32.1. The molecule has 9 nitrogen and oxygen atoms in total. The Hall–Kier alpha value is -3.92. The molecule has 1 unspecified atom stereocenters. The zero-order valence-corrected chi connectivity index (χ0v) is 17.3. The molecule has 0 saturated carbocycles. The Labute approximate surface area is 180 Å². The Morgan fingerprint density at radius 3 is 2.55 bits per heavy atom. The number of hydrogen-bond acceptors (Lipinski definition) is 9. The average molecular weight is 436 g/mol. The van der Waals surface area contributed by atoms with E-state index in [0.29, 0.717) is 16.8 Å². The molecule has 0 bridgehead atoms. The first-order chi connectivity index (χ1) is 14.9. The van der Waals surface area contributed by atoms with Crippen molar-refractivity contribution >= 4 is 39.9 Å². The molecule has 0 radical (unpaired) electrons. The van der Waals surface area contributed by atoms with Crippen LogP contribution in [0.15, 0.2) is 54.6 Å². The molecule has 0 aromatic carbocycles. The topological polar surface area (TPSA) is 123 Å². The van der Waals surface area contributed by atoms with Crippen molar-refractivity contribution in [2.45, 2.75) is 13.0 Å². The van der Waals surface area contributed by atoms with Crippen molar-refractivity contribution < 1.29 is 24.2 Å². The summed E-state index contributed by atoms with van der Waals surface area (Å²) in [4.78, 5) is 51.8. The molecule has 1 N–H and O–H groups in total. The fraction of sp³-hybridized carbons (Fsp3) is 0.143.